The Bertz CT molecular complexity index is 621. The smallest absolute Gasteiger partial charge is 0.322 e. The molecule has 0 aromatic carbocycles. The molecule has 0 fully saturated rings. The van der Waals surface area contributed by atoms with Gasteiger partial charge in [-0.2, -0.15) is 0 Å². The van der Waals surface area contributed by atoms with E-state index in [4.69, 9.17) is 0 Å². The van der Waals surface area contributed by atoms with Crippen molar-refractivity contribution in [2.24, 2.45) is 0 Å². The number of rotatable bonds is 3. The minimum Gasteiger partial charge on any atom is -0.322 e. The largest absolute Gasteiger partial charge is 0.322 e. The van der Waals surface area contributed by atoms with Crippen molar-refractivity contribution >= 4 is 11.7 Å². The average Bonchev–Trinajstić information content (AvgIpc) is 2.48. The quantitative estimate of drug-likeness (QED) is 0.939. The van der Waals surface area contributed by atoms with E-state index in [2.05, 4.69) is 25.3 Å². The van der Waals surface area contributed by atoms with Crippen molar-refractivity contribution in [1.29, 1.82) is 0 Å². The summed E-state index contributed by atoms with van der Waals surface area (Å²) in [6.07, 6.45) is 8.05. The summed E-state index contributed by atoms with van der Waals surface area (Å²) in [5, 5.41) is 2.75. The summed E-state index contributed by atoms with van der Waals surface area (Å²) in [6.45, 7) is 6.49. The van der Waals surface area contributed by atoms with Crippen LogP contribution in [0.1, 0.15) is 32.3 Å². The third-order valence-corrected chi connectivity index (χ3v) is 2.94. The van der Waals surface area contributed by atoms with Gasteiger partial charge in [0.25, 0.3) is 0 Å². The van der Waals surface area contributed by atoms with E-state index in [-0.39, 0.29) is 11.4 Å². The Morgan fingerprint density at radius 1 is 1.14 bits per heavy atom. The lowest BCUT2D eigenvalue weighted by molar-refractivity contribution is 0.220. The normalized spacial score (nSPS) is 11.1. The molecule has 0 unspecified atom stereocenters. The van der Waals surface area contributed by atoms with Crippen molar-refractivity contribution < 1.29 is 4.79 Å². The molecule has 0 atom stereocenters. The third-order valence-electron chi connectivity index (χ3n) is 2.94. The summed E-state index contributed by atoms with van der Waals surface area (Å²) in [6, 6.07) is -0.252. The predicted octanol–water partition coefficient (Wildman–Crippen LogP) is 2.23. The fourth-order valence-corrected chi connectivity index (χ4v) is 1.73. The molecule has 0 aliphatic rings. The highest BCUT2D eigenvalue weighted by Gasteiger charge is 2.17. The number of aromatic nitrogens is 4. The van der Waals surface area contributed by atoms with E-state index in [0.29, 0.717) is 12.2 Å². The van der Waals surface area contributed by atoms with E-state index in [0.717, 1.165) is 11.5 Å². The average molecular weight is 300 g/mol. The molecule has 0 spiro atoms. The van der Waals surface area contributed by atoms with Crippen LogP contribution in [-0.4, -0.2) is 37.9 Å². The van der Waals surface area contributed by atoms with Crippen LogP contribution in [-0.2, 0) is 12.0 Å². The van der Waals surface area contributed by atoms with Crippen molar-refractivity contribution in [3.05, 3.63) is 42.5 Å². The lowest BCUT2D eigenvalue weighted by atomic mass is 9.96. The summed E-state index contributed by atoms with van der Waals surface area (Å²) in [7, 11) is 1.69. The zero-order valence-electron chi connectivity index (χ0n) is 13.2. The van der Waals surface area contributed by atoms with Crippen LogP contribution >= 0.6 is 0 Å². The van der Waals surface area contributed by atoms with Gasteiger partial charge in [0.15, 0.2) is 0 Å². The number of hydrogen-bond donors (Lipinski definition) is 1. The molecule has 2 aromatic heterocycles. The van der Waals surface area contributed by atoms with E-state index in [1.807, 2.05) is 20.8 Å². The monoisotopic (exact) mass is 300 g/mol. The Morgan fingerprint density at radius 2 is 1.82 bits per heavy atom. The van der Waals surface area contributed by atoms with Crippen LogP contribution < -0.4 is 5.32 Å². The minimum atomic E-state index is -0.252. The lowest BCUT2D eigenvalue weighted by Gasteiger charge is -2.18. The van der Waals surface area contributed by atoms with Gasteiger partial charge in [-0.15, -0.1) is 0 Å². The van der Waals surface area contributed by atoms with E-state index < -0.39 is 0 Å². The van der Waals surface area contributed by atoms with Gasteiger partial charge in [-0.1, -0.05) is 20.8 Å². The molecule has 0 saturated carbocycles. The second-order valence-electron chi connectivity index (χ2n) is 6.03. The zero-order chi connectivity index (χ0) is 16.2. The molecule has 0 radical (unpaired) electrons. The SMILES string of the molecule is CN(Cc1cnccn1)C(=O)Nc1cnc(C(C)(C)C)nc1. The van der Waals surface area contributed by atoms with Crippen LogP contribution in [0.2, 0.25) is 0 Å². The van der Waals surface area contributed by atoms with Crippen LogP contribution in [0.4, 0.5) is 10.5 Å². The first kappa shape index (κ1) is 15.8. The maximum Gasteiger partial charge on any atom is 0.322 e. The van der Waals surface area contributed by atoms with E-state index in [1.165, 1.54) is 4.90 Å². The molecule has 0 aliphatic heterocycles. The second-order valence-corrected chi connectivity index (χ2v) is 6.03. The van der Waals surface area contributed by atoms with Gasteiger partial charge in [0, 0.05) is 24.9 Å². The molecule has 2 aromatic rings. The lowest BCUT2D eigenvalue weighted by Crippen LogP contribution is -2.31. The standard InChI is InChI=1S/C15H20N6O/c1-15(2,3)13-18-8-11(9-19-13)20-14(22)21(4)10-12-7-16-5-6-17-12/h5-9H,10H2,1-4H3,(H,20,22). The molecule has 7 heteroatoms. The number of nitrogens with one attached hydrogen (secondary N) is 1. The predicted molar refractivity (Wildman–Crippen MR) is 83.2 cm³/mol. The topological polar surface area (TPSA) is 83.9 Å². The van der Waals surface area contributed by atoms with Crippen molar-refractivity contribution in [3.8, 4) is 0 Å². The summed E-state index contributed by atoms with van der Waals surface area (Å²) < 4.78 is 0. The van der Waals surface area contributed by atoms with E-state index in [9.17, 15) is 4.79 Å². The summed E-state index contributed by atoms with van der Waals surface area (Å²) in [4.78, 5) is 30.3. The molecule has 116 valence electrons. The summed E-state index contributed by atoms with van der Waals surface area (Å²) >= 11 is 0. The Morgan fingerprint density at radius 3 is 2.36 bits per heavy atom. The Labute approximate surface area is 129 Å². The van der Waals surface area contributed by atoms with Crippen LogP contribution in [0.15, 0.2) is 31.0 Å². The maximum atomic E-state index is 12.1. The molecule has 22 heavy (non-hydrogen) atoms. The molecule has 7 nitrogen and oxygen atoms in total. The first-order valence-electron chi connectivity index (χ1n) is 6.96. The number of amides is 2. The fraction of sp³-hybridized carbons (Fsp3) is 0.400. The van der Waals surface area contributed by atoms with Gasteiger partial charge in [-0.05, 0) is 0 Å². The highest BCUT2D eigenvalue weighted by Crippen LogP contribution is 2.18. The van der Waals surface area contributed by atoms with Gasteiger partial charge in [-0.25, -0.2) is 14.8 Å². The van der Waals surface area contributed by atoms with Crippen LogP contribution in [0.25, 0.3) is 0 Å². The Hall–Kier alpha value is -2.57. The number of nitrogens with zero attached hydrogens (tertiary/aromatic N) is 5. The second kappa shape index (κ2) is 6.46. The molecular weight excluding hydrogens is 280 g/mol. The van der Waals surface area contributed by atoms with Crippen LogP contribution in [0.3, 0.4) is 0 Å². The minimum absolute atomic E-state index is 0.120. The van der Waals surface area contributed by atoms with Gasteiger partial charge >= 0.3 is 6.03 Å². The molecule has 0 saturated heterocycles. The molecule has 2 heterocycles. The fourth-order valence-electron chi connectivity index (χ4n) is 1.73. The first-order chi connectivity index (χ1) is 10.4. The zero-order valence-corrected chi connectivity index (χ0v) is 13.2. The molecule has 2 rings (SSSR count). The Kier molecular flexibility index (Phi) is 4.65. The summed E-state index contributed by atoms with van der Waals surface area (Å²) in [5.74, 6) is 0.735. The van der Waals surface area contributed by atoms with Crippen molar-refractivity contribution in [1.82, 2.24) is 24.8 Å². The van der Waals surface area contributed by atoms with Crippen LogP contribution in [0, 0.1) is 0 Å². The number of hydrogen-bond acceptors (Lipinski definition) is 5. The number of carbonyl (C=O) groups excluding carboxylic acids is 1. The molecule has 0 bridgehead atoms. The van der Waals surface area contributed by atoms with Gasteiger partial charge in [-0.3, -0.25) is 9.97 Å². The van der Waals surface area contributed by atoms with Crippen LogP contribution in [0.5, 0.6) is 0 Å². The maximum absolute atomic E-state index is 12.1. The van der Waals surface area contributed by atoms with E-state index >= 15 is 0 Å². The van der Waals surface area contributed by atoms with Gasteiger partial charge in [0.2, 0.25) is 0 Å². The van der Waals surface area contributed by atoms with E-state index in [1.54, 1.807) is 38.0 Å². The molecular formula is C15H20N6O. The molecule has 2 amide bonds. The summed E-state index contributed by atoms with van der Waals surface area (Å²) in [5.41, 5.74) is 1.16. The van der Waals surface area contributed by atoms with Gasteiger partial charge < -0.3 is 10.2 Å². The number of anilines is 1. The highest BCUT2D eigenvalue weighted by atomic mass is 16.2. The number of carbonyl (C=O) groups is 1. The first-order valence-corrected chi connectivity index (χ1v) is 6.96. The molecule has 0 aliphatic carbocycles. The molecule has 1 N–H and O–H groups in total. The number of urea groups is 1. The Balaban J connectivity index is 1.96. The van der Waals surface area contributed by atoms with Gasteiger partial charge in [0.1, 0.15) is 5.82 Å². The van der Waals surface area contributed by atoms with Crippen molar-refractivity contribution in [2.75, 3.05) is 12.4 Å². The van der Waals surface area contributed by atoms with Crippen molar-refractivity contribution in [2.45, 2.75) is 32.7 Å². The van der Waals surface area contributed by atoms with Crippen molar-refractivity contribution in [3.63, 3.8) is 0 Å². The highest BCUT2D eigenvalue weighted by molar-refractivity contribution is 5.88. The third kappa shape index (κ3) is 4.21. The van der Waals surface area contributed by atoms with Gasteiger partial charge in [0.05, 0.1) is 36.5 Å².